The molecule has 2 heteroatoms. The maximum Gasteiger partial charge on any atom is 0.115 e. The summed E-state index contributed by atoms with van der Waals surface area (Å²) in [7, 11) is 0. The summed E-state index contributed by atoms with van der Waals surface area (Å²) >= 11 is 0. The standard InChI is InChI=1S/C14H21NO/c1-14(7-2-3-8-14)11-15-10-12-5-4-6-13(16)9-12/h4-6,9,15-16H,2-3,7-8,10-11H2,1H3. The van der Waals surface area contributed by atoms with Crippen LogP contribution >= 0.6 is 0 Å². The number of benzene rings is 1. The second kappa shape index (κ2) is 4.88. The summed E-state index contributed by atoms with van der Waals surface area (Å²) in [5, 5.41) is 12.8. The van der Waals surface area contributed by atoms with E-state index in [-0.39, 0.29) is 0 Å². The molecule has 1 aliphatic carbocycles. The number of hydrogen-bond donors (Lipinski definition) is 2. The highest BCUT2D eigenvalue weighted by Crippen LogP contribution is 2.36. The van der Waals surface area contributed by atoms with Gasteiger partial charge >= 0.3 is 0 Å². The van der Waals surface area contributed by atoms with Crippen LogP contribution in [0.3, 0.4) is 0 Å². The van der Waals surface area contributed by atoms with Crippen molar-refractivity contribution in [1.82, 2.24) is 5.32 Å². The lowest BCUT2D eigenvalue weighted by Crippen LogP contribution is -2.29. The highest BCUT2D eigenvalue weighted by atomic mass is 16.3. The predicted octanol–water partition coefficient (Wildman–Crippen LogP) is 3.06. The van der Waals surface area contributed by atoms with Gasteiger partial charge in [-0.15, -0.1) is 0 Å². The maximum absolute atomic E-state index is 9.35. The fourth-order valence-corrected chi connectivity index (χ4v) is 2.58. The van der Waals surface area contributed by atoms with Gasteiger partial charge < -0.3 is 10.4 Å². The van der Waals surface area contributed by atoms with Crippen LogP contribution in [0.4, 0.5) is 0 Å². The van der Waals surface area contributed by atoms with Crippen molar-refractivity contribution in [3.05, 3.63) is 29.8 Å². The van der Waals surface area contributed by atoms with Gasteiger partial charge in [-0.1, -0.05) is 31.9 Å². The van der Waals surface area contributed by atoms with Crippen LogP contribution in [0.5, 0.6) is 5.75 Å². The average molecular weight is 219 g/mol. The fraction of sp³-hybridized carbons (Fsp3) is 0.571. The number of rotatable bonds is 4. The molecular formula is C14H21NO. The summed E-state index contributed by atoms with van der Waals surface area (Å²) in [6.07, 6.45) is 5.45. The zero-order valence-corrected chi connectivity index (χ0v) is 10.00. The Bertz CT molecular complexity index is 342. The minimum atomic E-state index is 0.353. The van der Waals surface area contributed by atoms with Crippen LogP contribution in [0.15, 0.2) is 24.3 Å². The zero-order chi connectivity index (χ0) is 11.4. The Hall–Kier alpha value is -1.02. The molecule has 2 nitrogen and oxygen atoms in total. The molecule has 0 saturated heterocycles. The summed E-state index contributed by atoms with van der Waals surface area (Å²) in [5.74, 6) is 0.353. The van der Waals surface area contributed by atoms with E-state index in [2.05, 4.69) is 12.2 Å². The third-order valence-corrected chi connectivity index (χ3v) is 3.60. The van der Waals surface area contributed by atoms with E-state index in [0.717, 1.165) is 18.7 Å². The SMILES string of the molecule is CC1(CNCc2cccc(O)c2)CCCC1. The Morgan fingerprint density at radius 1 is 1.31 bits per heavy atom. The van der Waals surface area contributed by atoms with Gasteiger partial charge in [0.1, 0.15) is 5.75 Å². The molecule has 1 saturated carbocycles. The number of aromatic hydroxyl groups is 1. The lowest BCUT2D eigenvalue weighted by atomic mass is 9.89. The third kappa shape index (κ3) is 2.99. The van der Waals surface area contributed by atoms with Gasteiger partial charge in [0.05, 0.1) is 0 Å². The van der Waals surface area contributed by atoms with E-state index >= 15 is 0 Å². The molecule has 0 radical (unpaired) electrons. The van der Waals surface area contributed by atoms with Gasteiger partial charge in [0.2, 0.25) is 0 Å². The summed E-state index contributed by atoms with van der Waals surface area (Å²) in [5.41, 5.74) is 1.65. The Morgan fingerprint density at radius 2 is 2.06 bits per heavy atom. The number of phenols is 1. The van der Waals surface area contributed by atoms with Gasteiger partial charge in [0, 0.05) is 13.1 Å². The number of hydrogen-bond acceptors (Lipinski definition) is 2. The second-order valence-electron chi connectivity index (χ2n) is 5.29. The second-order valence-corrected chi connectivity index (χ2v) is 5.29. The van der Waals surface area contributed by atoms with Crippen molar-refractivity contribution in [2.45, 2.75) is 39.2 Å². The van der Waals surface area contributed by atoms with Crippen molar-refractivity contribution in [3.8, 4) is 5.75 Å². The molecule has 0 aromatic heterocycles. The van der Waals surface area contributed by atoms with Gasteiger partial charge in [0.15, 0.2) is 0 Å². The minimum absolute atomic E-state index is 0.353. The first-order valence-electron chi connectivity index (χ1n) is 6.17. The lowest BCUT2D eigenvalue weighted by Gasteiger charge is -2.23. The highest BCUT2D eigenvalue weighted by Gasteiger charge is 2.27. The first-order chi connectivity index (χ1) is 7.68. The summed E-state index contributed by atoms with van der Waals surface area (Å²) in [4.78, 5) is 0. The zero-order valence-electron chi connectivity index (χ0n) is 10.00. The molecule has 0 aliphatic heterocycles. The molecule has 0 atom stereocenters. The van der Waals surface area contributed by atoms with Crippen LogP contribution < -0.4 is 5.32 Å². The van der Waals surface area contributed by atoms with Crippen molar-refractivity contribution in [2.75, 3.05) is 6.54 Å². The van der Waals surface area contributed by atoms with Gasteiger partial charge in [0.25, 0.3) is 0 Å². The Morgan fingerprint density at radius 3 is 2.75 bits per heavy atom. The van der Waals surface area contributed by atoms with E-state index < -0.39 is 0 Å². The molecule has 88 valence electrons. The molecule has 1 aromatic rings. The Labute approximate surface area is 97.7 Å². The smallest absolute Gasteiger partial charge is 0.115 e. The quantitative estimate of drug-likeness (QED) is 0.815. The van der Waals surface area contributed by atoms with E-state index in [1.807, 2.05) is 18.2 Å². The molecule has 1 fully saturated rings. The lowest BCUT2D eigenvalue weighted by molar-refractivity contribution is 0.314. The van der Waals surface area contributed by atoms with Gasteiger partial charge in [-0.2, -0.15) is 0 Å². The van der Waals surface area contributed by atoms with Crippen molar-refractivity contribution < 1.29 is 5.11 Å². The molecular weight excluding hydrogens is 198 g/mol. The van der Waals surface area contributed by atoms with Crippen LogP contribution in [0, 0.1) is 5.41 Å². The minimum Gasteiger partial charge on any atom is -0.508 e. The molecule has 0 spiro atoms. The van der Waals surface area contributed by atoms with Gasteiger partial charge in [-0.05, 0) is 36.0 Å². The molecule has 16 heavy (non-hydrogen) atoms. The molecule has 0 amide bonds. The molecule has 0 bridgehead atoms. The van der Waals surface area contributed by atoms with E-state index in [9.17, 15) is 5.11 Å². The summed E-state index contributed by atoms with van der Waals surface area (Å²) in [6.45, 7) is 4.31. The Kier molecular flexibility index (Phi) is 3.49. The van der Waals surface area contributed by atoms with Crippen LogP contribution in [0.1, 0.15) is 38.2 Å². The molecule has 0 heterocycles. The van der Waals surface area contributed by atoms with E-state index in [4.69, 9.17) is 0 Å². The molecule has 0 unspecified atom stereocenters. The summed E-state index contributed by atoms with van der Waals surface area (Å²) < 4.78 is 0. The number of nitrogens with one attached hydrogen (secondary N) is 1. The van der Waals surface area contributed by atoms with Crippen LogP contribution in [0.25, 0.3) is 0 Å². The molecule has 1 aromatic carbocycles. The molecule has 2 rings (SSSR count). The van der Waals surface area contributed by atoms with Crippen LogP contribution in [-0.4, -0.2) is 11.7 Å². The van der Waals surface area contributed by atoms with E-state index in [0.29, 0.717) is 11.2 Å². The third-order valence-electron chi connectivity index (χ3n) is 3.60. The summed E-state index contributed by atoms with van der Waals surface area (Å²) in [6, 6.07) is 7.47. The molecule has 2 N–H and O–H groups in total. The first-order valence-corrected chi connectivity index (χ1v) is 6.17. The van der Waals surface area contributed by atoms with E-state index in [1.165, 1.54) is 25.7 Å². The normalized spacial score (nSPS) is 18.8. The maximum atomic E-state index is 9.35. The van der Waals surface area contributed by atoms with Crippen molar-refractivity contribution in [1.29, 1.82) is 0 Å². The fourth-order valence-electron chi connectivity index (χ4n) is 2.58. The van der Waals surface area contributed by atoms with Crippen LogP contribution in [-0.2, 0) is 6.54 Å². The largest absolute Gasteiger partial charge is 0.508 e. The topological polar surface area (TPSA) is 32.3 Å². The van der Waals surface area contributed by atoms with Gasteiger partial charge in [-0.25, -0.2) is 0 Å². The average Bonchev–Trinajstić information content (AvgIpc) is 2.65. The number of phenolic OH excluding ortho intramolecular Hbond substituents is 1. The monoisotopic (exact) mass is 219 g/mol. The van der Waals surface area contributed by atoms with Crippen molar-refractivity contribution in [2.24, 2.45) is 5.41 Å². The van der Waals surface area contributed by atoms with Crippen molar-refractivity contribution in [3.63, 3.8) is 0 Å². The van der Waals surface area contributed by atoms with Crippen LogP contribution in [0.2, 0.25) is 0 Å². The van der Waals surface area contributed by atoms with E-state index in [1.54, 1.807) is 6.07 Å². The Balaban J connectivity index is 1.79. The molecule has 1 aliphatic rings. The predicted molar refractivity (Wildman–Crippen MR) is 66.4 cm³/mol. The first kappa shape index (κ1) is 11.5. The van der Waals surface area contributed by atoms with Gasteiger partial charge in [-0.3, -0.25) is 0 Å². The van der Waals surface area contributed by atoms with Crippen molar-refractivity contribution >= 4 is 0 Å². The highest BCUT2D eigenvalue weighted by molar-refractivity contribution is 5.26.